The third-order valence-electron chi connectivity index (χ3n) is 5.28. The fourth-order valence-electron chi connectivity index (χ4n) is 3.64. The SMILES string of the molecule is Cc1ccc(S(=O)(=O)N(CC(=O)N[C@H](CC(C)C)c2ccccc2)c2cc(Cl)cc(Cl)c2)cc1. The zero-order valence-electron chi connectivity index (χ0n) is 19.3. The number of hydrogen-bond acceptors (Lipinski definition) is 3. The maximum atomic E-state index is 13.6. The quantitative estimate of drug-likeness (QED) is 0.356. The standard InChI is InChI=1S/C26H28Cl2N2O3S/c1-18(2)13-25(20-7-5-4-6-8-20)29-26(31)17-30(23-15-21(27)14-22(28)16-23)34(32,33)24-11-9-19(3)10-12-24/h4-12,14-16,18,25H,13,17H2,1-3H3,(H,29,31)/t25-/m1/s1. The van der Waals surface area contributed by atoms with Gasteiger partial charge in [0.05, 0.1) is 16.6 Å². The van der Waals surface area contributed by atoms with Crippen LogP contribution in [0.3, 0.4) is 0 Å². The van der Waals surface area contributed by atoms with E-state index in [0.29, 0.717) is 12.3 Å². The lowest BCUT2D eigenvalue weighted by Crippen LogP contribution is -2.42. The number of hydrogen-bond donors (Lipinski definition) is 1. The molecule has 0 spiro atoms. The van der Waals surface area contributed by atoms with Gasteiger partial charge in [-0.3, -0.25) is 9.10 Å². The largest absolute Gasteiger partial charge is 0.348 e. The number of nitrogens with zero attached hydrogens (tertiary/aromatic N) is 1. The molecule has 0 aliphatic carbocycles. The van der Waals surface area contributed by atoms with Crippen LogP contribution in [0, 0.1) is 12.8 Å². The molecule has 0 radical (unpaired) electrons. The minimum absolute atomic E-state index is 0.0730. The van der Waals surface area contributed by atoms with E-state index in [9.17, 15) is 13.2 Å². The lowest BCUT2D eigenvalue weighted by atomic mass is 9.97. The van der Waals surface area contributed by atoms with E-state index in [1.165, 1.54) is 30.3 Å². The van der Waals surface area contributed by atoms with Crippen molar-refractivity contribution in [2.45, 2.75) is 38.1 Å². The highest BCUT2D eigenvalue weighted by Crippen LogP contribution is 2.30. The van der Waals surface area contributed by atoms with E-state index >= 15 is 0 Å². The molecule has 3 rings (SSSR count). The van der Waals surface area contributed by atoms with Crippen molar-refractivity contribution in [2.24, 2.45) is 5.92 Å². The molecule has 0 aliphatic rings. The highest BCUT2D eigenvalue weighted by Gasteiger charge is 2.29. The minimum atomic E-state index is -4.07. The van der Waals surface area contributed by atoms with Crippen LogP contribution in [0.1, 0.15) is 37.4 Å². The van der Waals surface area contributed by atoms with Gasteiger partial charge in [0.2, 0.25) is 5.91 Å². The van der Waals surface area contributed by atoms with Gasteiger partial charge >= 0.3 is 0 Å². The number of halogens is 2. The molecule has 1 amide bonds. The zero-order chi connectivity index (χ0) is 24.9. The summed E-state index contributed by atoms with van der Waals surface area (Å²) in [5.74, 6) is -0.106. The van der Waals surface area contributed by atoms with E-state index in [1.54, 1.807) is 12.1 Å². The number of anilines is 1. The summed E-state index contributed by atoms with van der Waals surface area (Å²) in [6.07, 6.45) is 0.712. The summed E-state index contributed by atoms with van der Waals surface area (Å²) in [5, 5.41) is 3.56. The molecule has 180 valence electrons. The monoisotopic (exact) mass is 518 g/mol. The predicted molar refractivity (Wildman–Crippen MR) is 139 cm³/mol. The van der Waals surface area contributed by atoms with Crippen LogP contribution in [-0.4, -0.2) is 20.9 Å². The maximum Gasteiger partial charge on any atom is 0.264 e. The first kappa shape index (κ1) is 26.1. The van der Waals surface area contributed by atoms with Crippen molar-refractivity contribution in [1.29, 1.82) is 0 Å². The average molecular weight is 519 g/mol. The topological polar surface area (TPSA) is 66.5 Å². The van der Waals surface area contributed by atoms with Crippen LogP contribution >= 0.6 is 23.2 Å². The van der Waals surface area contributed by atoms with E-state index in [-0.39, 0.29) is 26.7 Å². The summed E-state index contributed by atoms with van der Waals surface area (Å²) >= 11 is 12.3. The number of carbonyl (C=O) groups is 1. The van der Waals surface area contributed by atoms with Crippen molar-refractivity contribution in [3.8, 4) is 0 Å². The Kier molecular flexibility index (Phi) is 8.63. The van der Waals surface area contributed by atoms with Gasteiger partial charge in [0.25, 0.3) is 10.0 Å². The molecule has 3 aromatic rings. The van der Waals surface area contributed by atoms with E-state index in [1.807, 2.05) is 37.3 Å². The lowest BCUT2D eigenvalue weighted by Gasteiger charge is -2.27. The molecule has 5 nitrogen and oxygen atoms in total. The number of nitrogens with one attached hydrogen (secondary N) is 1. The molecule has 0 heterocycles. The molecule has 8 heteroatoms. The third-order valence-corrected chi connectivity index (χ3v) is 7.50. The molecule has 1 N–H and O–H groups in total. The number of benzene rings is 3. The van der Waals surface area contributed by atoms with Crippen molar-refractivity contribution in [1.82, 2.24) is 5.32 Å². The van der Waals surface area contributed by atoms with Gasteiger partial charge in [-0.15, -0.1) is 0 Å². The number of carbonyl (C=O) groups excluding carboxylic acids is 1. The van der Waals surface area contributed by atoms with E-state index in [4.69, 9.17) is 23.2 Å². The summed E-state index contributed by atoms with van der Waals surface area (Å²) in [6.45, 7) is 5.60. The van der Waals surface area contributed by atoms with Crippen LogP contribution in [0.2, 0.25) is 10.0 Å². The summed E-state index contributed by atoms with van der Waals surface area (Å²) in [7, 11) is -4.07. The van der Waals surface area contributed by atoms with Gasteiger partial charge < -0.3 is 5.32 Å². The Morgan fingerprint density at radius 1 is 0.941 bits per heavy atom. The van der Waals surface area contributed by atoms with Gasteiger partial charge in [0.15, 0.2) is 0 Å². The molecular weight excluding hydrogens is 491 g/mol. The van der Waals surface area contributed by atoms with Gasteiger partial charge in [-0.1, -0.05) is 85.1 Å². The number of amides is 1. The van der Waals surface area contributed by atoms with E-state index in [2.05, 4.69) is 19.2 Å². The molecule has 0 unspecified atom stereocenters. The molecule has 0 aromatic heterocycles. The number of rotatable bonds is 9. The Bertz CT molecular complexity index is 1210. The Balaban J connectivity index is 1.96. The Labute approximate surface area is 211 Å². The molecule has 0 saturated carbocycles. The van der Waals surface area contributed by atoms with Crippen LogP contribution in [0.4, 0.5) is 5.69 Å². The lowest BCUT2D eigenvalue weighted by molar-refractivity contribution is -0.120. The van der Waals surface area contributed by atoms with E-state index in [0.717, 1.165) is 15.4 Å². The minimum Gasteiger partial charge on any atom is -0.348 e. The van der Waals surface area contributed by atoms with Crippen LogP contribution in [0.5, 0.6) is 0 Å². The van der Waals surface area contributed by atoms with Crippen LogP contribution in [0.25, 0.3) is 0 Å². The maximum absolute atomic E-state index is 13.6. The number of aryl methyl sites for hydroxylation is 1. The highest BCUT2D eigenvalue weighted by molar-refractivity contribution is 7.92. The van der Waals surface area contributed by atoms with E-state index < -0.39 is 22.5 Å². The van der Waals surface area contributed by atoms with Gasteiger partial charge in [-0.05, 0) is 55.2 Å². The predicted octanol–water partition coefficient (Wildman–Crippen LogP) is 6.40. The van der Waals surface area contributed by atoms with Crippen molar-refractivity contribution in [2.75, 3.05) is 10.8 Å². The molecule has 0 aliphatic heterocycles. The first-order valence-corrected chi connectivity index (χ1v) is 13.2. The van der Waals surface area contributed by atoms with Crippen molar-refractivity contribution in [3.05, 3.63) is 94.0 Å². The zero-order valence-corrected chi connectivity index (χ0v) is 21.7. The van der Waals surface area contributed by atoms with Crippen molar-refractivity contribution >= 4 is 44.8 Å². The van der Waals surface area contributed by atoms with Gasteiger partial charge in [-0.25, -0.2) is 8.42 Å². The summed E-state index contributed by atoms with van der Waals surface area (Å²) in [4.78, 5) is 13.3. The fraction of sp³-hybridized carbons (Fsp3) is 0.269. The third kappa shape index (κ3) is 6.75. The molecule has 0 fully saturated rings. The van der Waals surface area contributed by atoms with Crippen LogP contribution in [-0.2, 0) is 14.8 Å². The summed E-state index contributed by atoms with van der Waals surface area (Å²) in [5.41, 5.74) is 2.10. The molecule has 3 aromatic carbocycles. The highest BCUT2D eigenvalue weighted by atomic mass is 35.5. The molecule has 0 bridgehead atoms. The van der Waals surface area contributed by atoms with Crippen LogP contribution < -0.4 is 9.62 Å². The fourth-order valence-corrected chi connectivity index (χ4v) is 5.56. The molecule has 34 heavy (non-hydrogen) atoms. The van der Waals surface area contributed by atoms with Crippen molar-refractivity contribution < 1.29 is 13.2 Å². The van der Waals surface area contributed by atoms with Gasteiger partial charge in [0.1, 0.15) is 6.54 Å². The Morgan fingerprint density at radius 3 is 2.09 bits per heavy atom. The summed E-state index contributed by atoms with van der Waals surface area (Å²) in [6, 6.07) is 20.3. The molecule has 0 saturated heterocycles. The Morgan fingerprint density at radius 2 is 1.53 bits per heavy atom. The smallest absolute Gasteiger partial charge is 0.264 e. The first-order valence-electron chi connectivity index (χ1n) is 11.0. The van der Waals surface area contributed by atoms with Crippen molar-refractivity contribution in [3.63, 3.8) is 0 Å². The first-order chi connectivity index (χ1) is 16.1. The summed E-state index contributed by atoms with van der Waals surface area (Å²) < 4.78 is 28.2. The second-order valence-corrected chi connectivity index (χ2v) is 11.3. The second kappa shape index (κ2) is 11.3. The molecule has 1 atom stereocenters. The average Bonchev–Trinajstić information content (AvgIpc) is 2.77. The van der Waals surface area contributed by atoms with Gasteiger partial charge in [-0.2, -0.15) is 0 Å². The number of sulfonamides is 1. The molecular formula is C26H28Cl2N2O3S. The normalized spacial score (nSPS) is 12.4. The van der Waals surface area contributed by atoms with Gasteiger partial charge in [0, 0.05) is 10.0 Å². The Hall–Kier alpha value is -2.54. The second-order valence-electron chi connectivity index (χ2n) is 8.61. The van der Waals surface area contributed by atoms with Crippen LogP contribution in [0.15, 0.2) is 77.7 Å².